The first kappa shape index (κ1) is 47.7. The average molecular weight is 808 g/mol. The van der Waals surface area contributed by atoms with E-state index >= 15 is 0 Å². The number of imide groups is 1. The van der Waals surface area contributed by atoms with Crippen molar-refractivity contribution >= 4 is 29.8 Å². The molecule has 2 N–H and O–H groups in total. The number of amides is 4. The van der Waals surface area contributed by atoms with E-state index in [4.69, 9.17) is 28.4 Å². The predicted molar refractivity (Wildman–Crippen MR) is 209 cm³/mol. The second-order valence-corrected chi connectivity index (χ2v) is 15.8. The Morgan fingerprint density at radius 3 is 2.19 bits per heavy atom. The maximum atomic E-state index is 13.4. The van der Waals surface area contributed by atoms with Crippen LogP contribution in [0.1, 0.15) is 74.1 Å². The number of hydrogen-bond donors (Lipinski definition) is 2. The molecule has 3 aliphatic rings. The number of carbonyl (C=O) groups excluding carboxylic acids is 4. The van der Waals surface area contributed by atoms with E-state index < -0.39 is 48.2 Å². The normalized spacial score (nSPS) is 24.2. The van der Waals surface area contributed by atoms with Crippen LogP contribution in [0.2, 0.25) is 0 Å². The molecule has 3 aliphatic heterocycles. The van der Waals surface area contributed by atoms with Crippen molar-refractivity contribution in [3.8, 4) is 0 Å². The number of hydrogen-bond acceptors (Lipinski definition) is 12. The zero-order valence-corrected chi connectivity index (χ0v) is 34.9. The Balaban J connectivity index is 1.44. The number of aliphatic hydroxyl groups is 1. The molecule has 0 unspecified atom stereocenters. The van der Waals surface area contributed by atoms with Crippen molar-refractivity contribution in [2.24, 2.45) is 11.8 Å². The van der Waals surface area contributed by atoms with Gasteiger partial charge in [0.2, 0.25) is 5.91 Å². The van der Waals surface area contributed by atoms with E-state index in [1.54, 1.807) is 23.8 Å². The lowest BCUT2D eigenvalue weighted by molar-refractivity contribution is -0.151. The summed E-state index contributed by atoms with van der Waals surface area (Å²) in [5.74, 6) is -1.91. The van der Waals surface area contributed by atoms with Gasteiger partial charge in [-0.1, -0.05) is 32.1 Å². The van der Waals surface area contributed by atoms with E-state index in [2.05, 4.69) is 13.0 Å². The average Bonchev–Trinajstić information content (AvgIpc) is 3.45. The van der Waals surface area contributed by atoms with Crippen molar-refractivity contribution in [3.05, 3.63) is 36.0 Å². The Hall–Kier alpha value is -3.67. The number of ether oxygens (including phenoxy) is 6. The van der Waals surface area contributed by atoms with Crippen LogP contribution in [0.4, 0.5) is 4.79 Å². The summed E-state index contributed by atoms with van der Waals surface area (Å²) in [4.78, 5) is 65.3. The zero-order valence-electron chi connectivity index (χ0n) is 34.9. The molecule has 0 spiro atoms. The number of aliphatic carboxylic acids is 1. The fraction of sp³-hybridized carbons (Fsp3) is 0.732. The van der Waals surface area contributed by atoms with Crippen LogP contribution in [-0.2, 0) is 47.6 Å². The molecular formula is C41H65N3O13. The molecule has 16 nitrogen and oxygen atoms in total. The van der Waals surface area contributed by atoms with Gasteiger partial charge in [0.25, 0.3) is 11.8 Å². The summed E-state index contributed by atoms with van der Waals surface area (Å²) in [6.07, 6.45) is 5.73. The van der Waals surface area contributed by atoms with Gasteiger partial charge in [-0.3, -0.25) is 24.1 Å². The molecule has 57 heavy (non-hydrogen) atoms. The van der Waals surface area contributed by atoms with Crippen molar-refractivity contribution in [3.63, 3.8) is 0 Å². The molecule has 0 bridgehead atoms. The van der Waals surface area contributed by atoms with Crippen molar-refractivity contribution in [2.75, 3.05) is 66.3 Å². The van der Waals surface area contributed by atoms with Crippen LogP contribution in [-0.4, -0.2) is 163 Å². The first-order chi connectivity index (χ1) is 26.9. The van der Waals surface area contributed by atoms with Gasteiger partial charge < -0.3 is 48.4 Å². The number of rotatable bonds is 22. The van der Waals surface area contributed by atoms with Gasteiger partial charge in [0, 0.05) is 57.8 Å². The molecule has 3 rings (SSSR count). The highest BCUT2D eigenvalue weighted by Gasteiger charge is 2.41. The molecule has 8 atom stereocenters. The van der Waals surface area contributed by atoms with E-state index in [1.165, 1.54) is 12.2 Å². The lowest BCUT2D eigenvalue weighted by atomic mass is 9.85. The second-order valence-electron chi connectivity index (χ2n) is 15.8. The van der Waals surface area contributed by atoms with Crippen LogP contribution in [0.25, 0.3) is 0 Å². The largest absolute Gasteiger partial charge is 0.481 e. The van der Waals surface area contributed by atoms with Gasteiger partial charge in [0.1, 0.15) is 12.2 Å². The summed E-state index contributed by atoms with van der Waals surface area (Å²) in [6.45, 7) is 15.9. The molecule has 322 valence electrons. The van der Waals surface area contributed by atoms with Crippen molar-refractivity contribution in [1.82, 2.24) is 14.7 Å². The quantitative estimate of drug-likeness (QED) is 0.0921. The molecule has 0 aromatic rings. The zero-order chi connectivity index (χ0) is 42.3. The summed E-state index contributed by atoms with van der Waals surface area (Å²) in [5.41, 5.74) is 0.396. The number of carbonyl (C=O) groups is 5. The smallest absolute Gasteiger partial charge is 0.410 e. The number of carboxylic acid groups (broad SMARTS) is 1. The lowest BCUT2D eigenvalue weighted by Gasteiger charge is -2.41. The Labute approximate surface area is 337 Å². The molecule has 0 aliphatic carbocycles. The van der Waals surface area contributed by atoms with Crippen LogP contribution in [0.3, 0.4) is 0 Å². The number of piperazine rings is 1. The number of aliphatic hydroxyl groups excluding tert-OH is 1. The molecule has 0 radical (unpaired) electrons. The minimum atomic E-state index is -0.999. The Morgan fingerprint density at radius 2 is 1.60 bits per heavy atom. The number of nitrogens with zero attached hydrogens (tertiary/aromatic N) is 3. The molecule has 0 saturated carbocycles. The molecule has 3 heterocycles. The van der Waals surface area contributed by atoms with Crippen molar-refractivity contribution in [1.29, 1.82) is 0 Å². The molecular weight excluding hydrogens is 742 g/mol. The fourth-order valence-corrected chi connectivity index (χ4v) is 7.58. The van der Waals surface area contributed by atoms with Gasteiger partial charge in [-0.2, -0.15) is 0 Å². The van der Waals surface area contributed by atoms with E-state index in [0.717, 1.165) is 16.9 Å². The van der Waals surface area contributed by atoms with E-state index in [0.29, 0.717) is 26.2 Å². The fourth-order valence-electron chi connectivity index (χ4n) is 7.58. The first-order valence-electron chi connectivity index (χ1n) is 20.0. The van der Waals surface area contributed by atoms with Gasteiger partial charge in [0.05, 0.1) is 75.8 Å². The van der Waals surface area contributed by atoms with Crippen LogP contribution >= 0.6 is 0 Å². The number of carboxylic acids is 1. The maximum Gasteiger partial charge on any atom is 0.410 e. The topological polar surface area (TPSA) is 191 Å². The van der Waals surface area contributed by atoms with Gasteiger partial charge in [0.15, 0.2) is 0 Å². The second kappa shape index (κ2) is 23.1. The Morgan fingerprint density at radius 1 is 0.982 bits per heavy atom. The van der Waals surface area contributed by atoms with Gasteiger partial charge >= 0.3 is 12.1 Å². The minimum Gasteiger partial charge on any atom is -0.481 e. The van der Waals surface area contributed by atoms with Gasteiger partial charge in [-0.15, -0.1) is 0 Å². The monoisotopic (exact) mass is 807 g/mol. The highest BCUT2D eigenvalue weighted by molar-refractivity contribution is 6.12. The maximum absolute atomic E-state index is 13.4. The minimum absolute atomic E-state index is 0.0924. The Kier molecular flexibility index (Phi) is 19.3. The third-order valence-electron chi connectivity index (χ3n) is 10.4. The molecule has 4 amide bonds. The molecule has 2 fully saturated rings. The van der Waals surface area contributed by atoms with E-state index in [-0.39, 0.29) is 87.9 Å². The Bertz CT molecular complexity index is 1420. The van der Waals surface area contributed by atoms with Gasteiger partial charge in [-0.25, -0.2) is 4.79 Å². The van der Waals surface area contributed by atoms with Crippen LogP contribution in [0, 0.1) is 11.8 Å². The molecule has 0 aromatic heterocycles. The summed E-state index contributed by atoms with van der Waals surface area (Å²) in [6, 6.07) is 0. The molecule has 2 saturated heterocycles. The number of methoxy groups -OCH3 is 1. The van der Waals surface area contributed by atoms with Crippen LogP contribution < -0.4 is 0 Å². The standard InChI is InChI=1S/C41H65N3O13/c1-27(26-41(6,7)57-31(5)39(52-8)30(4)45)10-9-11-28(2)38-29(3)33(24-32(55-38)25-37(49)50)56-40(51)43-17-15-42(16-18-43)34(46)14-20-53-22-23-54-21-19-44-35(47)12-13-36(44)48/h9-13,27,29-33,38-39,45H,14-26H2,1-8H3,(H,49,50)/b10-9+,28-11+/t27-,29+,30-,31-,32-,33-,38-,39+/m1/s1. The van der Waals surface area contributed by atoms with E-state index in [9.17, 15) is 34.2 Å². The third kappa shape index (κ3) is 15.5. The van der Waals surface area contributed by atoms with Crippen molar-refractivity contribution < 1.29 is 62.6 Å². The van der Waals surface area contributed by atoms with Crippen LogP contribution in [0.5, 0.6) is 0 Å². The first-order valence-corrected chi connectivity index (χ1v) is 20.0. The number of allylic oxidation sites excluding steroid dienone is 3. The van der Waals surface area contributed by atoms with E-state index in [1.807, 2.05) is 46.8 Å². The van der Waals surface area contributed by atoms with Crippen molar-refractivity contribution in [2.45, 2.75) is 116 Å². The molecule has 0 aromatic carbocycles. The van der Waals surface area contributed by atoms with Crippen LogP contribution in [0.15, 0.2) is 36.0 Å². The highest BCUT2D eigenvalue weighted by atomic mass is 16.6. The summed E-state index contributed by atoms with van der Waals surface area (Å²) >= 11 is 0. The molecule has 16 heteroatoms. The highest BCUT2D eigenvalue weighted by Crippen LogP contribution is 2.34. The summed E-state index contributed by atoms with van der Waals surface area (Å²) < 4.78 is 34.9. The third-order valence-corrected chi connectivity index (χ3v) is 10.4. The predicted octanol–water partition coefficient (Wildman–Crippen LogP) is 3.36. The van der Waals surface area contributed by atoms with Gasteiger partial charge in [-0.05, 0) is 52.5 Å². The summed E-state index contributed by atoms with van der Waals surface area (Å²) in [5, 5.41) is 19.6. The lowest BCUT2D eigenvalue weighted by Crippen LogP contribution is -2.53. The summed E-state index contributed by atoms with van der Waals surface area (Å²) in [7, 11) is 1.56. The SMILES string of the molecule is CO[C@@H]([C@@H](C)O)[C@@H](C)OC(C)(C)C[C@H](C)/C=C/C=C(\C)[C@H]1O[C@@H](CC(=O)O)C[C@@H](OC(=O)N2CCN(C(=O)CCOCCOCCN3C(=O)C=CC3=O)CC2)[C@@H]1C.